The van der Waals surface area contributed by atoms with Crippen LogP contribution in [0.1, 0.15) is 31.1 Å². The molecule has 0 unspecified atom stereocenters. The Hall–Kier alpha value is -2.74. The van der Waals surface area contributed by atoms with Crippen LogP contribution < -0.4 is 0 Å². The standard InChI is InChI=1S/C21H26N4O3S/c1-12(2)10-25-14(4)13(3)22-21(25)29-11-17(26)18(20(27)28-5)19-23-15-8-6-7-9-16(15)24-19/h6-9,12,26H,10-11H2,1-5H3,(H,23,24). The number of methoxy groups -OCH3 is 1. The maximum absolute atomic E-state index is 12.4. The molecule has 154 valence electrons. The molecule has 29 heavy (non-hydrogen) atoms. The Labute approximate surface area is 174 Å². The molecule has 0 saturated carbocycles. The van der Waals surface area contributed by atoms with Crippen LogP contribution in [0.2, 0.25) is 0 Å². The van der Waals surface area contributed by atoms with E-state index in [4.69, 9.17) is 4.74 Å². The minimum atomic E-state index is -0.639. The number of para-hydroxylation sites is 2. The van der Waals surface area contributed by atoms with Gasteiger partial charge in [0.2, 0.25) is 0 Å². The number of benzene rings is 1. The number of ether oxygens (including phenoxy) is 1. The highest BCUT2D eigenvalue weighted by atomic mass is 32.2. The smallest absolute Gasteiger partial charge is 0.345 e. The fraction of sp³-hybridized carbons (Fsp3) is 0.381. The number of nitrogens with zero attached hydrogens (tertiary/aromatic N) is 3. The zero-order valence-corrected chi connectivity index (χ0v) is 18.1. The number of fused-ring (bicyclic) bond motifs is 1. The number of carbonyl (C=O) groups excluding carboxylic acids is 1. The topological polar surface area (TPSA) is 93.0 Å². The molecule has 0 fully saturated rings. The summed E-state index contributed by atoms with van der Waals surface area (Å²) >= 11 is 1.38. The van der Waals surface area contributed by atoms with Crippen molar-refractivity contribution in [2.45, 2.75) is 39.4 Å². The second kappa shape index (κ2) is 8.73. The minimum Gasteiger partial charge on any atom is -0.510 e. The summed E-state index contributed by atoms with van der Waals surface area (Å²) in [5.74, 6) is 0.187. The largest absolute Gasteiger partial charge is 0.510 e. The number of aromatic amines is 1. The fourth-order valence-electron chi connectivity index (χ4n) is 3.04. The van der Waals surface area contributed by atoms with Crippen LogP contribution >= 0.6 is 11.8 Å². The number of aryl methyl sites for hydroxylation is 1. The second-order valence-electron chi connectivity index (χ2n) is 7.27. The molecule has 3 rings (SSSR count). The number of esters is 1. The minimum absolute atomic E-state index is 0.0339. The molecule has 0 amide bonds. The Kier molecular flexibility index (Phi) is 6.32. The number of H-pyrrole nitrogens is 1. The summed E-state index contributed by atoms with van der Waals surface area (Å²) in [6, 6.07) is 7.44. The molecule has 0 saturated heterocycles. The maximum atomic E-state index is 12.4. The normalized spacial score (nSPS) is 12.5. The highest BCUT2D eigenvalue weighted by molar-refractivity contribution is 7.99. The lowest BCUT2D eigenvalue weighted by Crippen LogP contribution is -2.11. The third-order valence-corrected chi connectivity index (χ3v) is 5.60. The lowest BCUT2D eigenvalue weighted by molar-refractivity contribution is -0.133. The van der Waals surface area contributed by atoms with Crippen molar-refractivity contribution in [2.75, 3.05) is 12.9 Å². The van der Waals surface area contributed by atoms with Crippen LogP contribution in [-0.4, -0.2) is 43.5 Å². The molecule has 2 N–H and O–H groups in total. The van der Waals surface area contributed by atoms with Gasteiger partial charge in [-0.15, -0.1) is 0 Å². The first-order valence-corrected chi connectivity index (χ1v) is 10.4. The van der Waals surface area contributed by atoms with E-state index in [-0.39, 0.29) is 22.9 Å². The second-order valence-corrected chi connectivity index (χ2v) is 8.22. The van der Waals surface area contributed by atoms with Crippen LogP contribution in [-0.2, 0) is 16.1 Å². The molecular weight excluding hydrogens is 388 g/mol. The number of imidazole rings is 2. The summed E-state index contributed by atoms with van der Waals surface area (Å²) in [5.41, 5.74) is 3.59. The molecule has 2 heterocycles. The maximum Gasteiger partial charge on any atom is 0.345 e. The lowest BCUT2D eigenvalue weighted by atomic mass is 10.2. The number of hydrogen-bond donors (Lipinski definition) is 2. The van der Waals surface area contributed by atoms with Crippen molar-refractivity contribution in [1.82, 2.24) is 19.5 Å². The summed E-state index contributed by atoms with van der Waals surface area (Å²) in [6.45, 7) is 9.15. The first-order chi connectivity index (χ1) is 13.8. The van der Waals surface area contributed by atoms with E-state index in [0.717, 1.165) is 28.6 Å². The zero-order valence-electron chi connectivity index (χ0n) is 17.3. The Bertz CT molecular complexity index is 1030. The molecule has 0 aliphatic carbocycles. The van der Waals surface area contributed by atoms with Crippen LogP contribution in [0.15, 0.2) is 35.2 Å². The number of nitrogens with one attached hydrogen (secondary N) is 1. The highest BCUT2D eigenvalue weighted by Crippen LogP contribution is 2.27. The third-order valence-electron chi connectivity index (χ3n) is 4.61. The predicted molar refractivity (Wildman–Crippen MR) is 115 cm³/mol. The van der Waals surface area contributed by atoms with E-state index in [9.17, 15) is 9.90 Å². The predicted octanol–water partition coefficient (Wildman–Crippen LogP) is 4.27. The van der Waals surface area contributed by atoms with Gasteiger partial charge in [-0.2, -0.15) is 0 Å². The quantitative estimate of drug-likeness (QED) is 0.260. The van der Waals surface area contributed by atoms with Crippen LogP contribution in [0.4, 0.5) is 0 Å². The third kappa shape index (κ3) is 4.48. The number of aliphatic hydroxyl groups is 1. The van der Waals surface area contributed by atoms with E-state index in [0.29, 0.717) is 11.4 Å². The van der Waals surface area contributed by atoms with Gasteiger partial charge in [-0.25, -0.2) is 14.8 Å². The van der Waals surface area contributed by atoms with E-state index in [2.05, 4.69) is 33.4 Å². The van der Waals surface area contributed by atoms with Gasteiger partial charge in [-0.1, -0.05) is 37.7 Å². The lowest BCUT2D eigenvalue weighted by Gasteiger charge is -2.12. The monoisotopic (exact) mass is 414 g/mol. The van der Waals surface area contributed by atoms with Crippen molar-refractivity contribution in [1.29, 1.82) is 0 Å². The Morgan fingerprint density at radius 3 is 2.66 bits per heavy atom. The average Bonchev–Trinajstić information content (AvgIpc) is 3.22. The molecule has 3 aromatic rings. The molecule has 2 aromatic heterocycles. The van der Waals surface area contributed by atoms with Crippen molar-refractivity contribution in [3.05, 3.63) is 47.2 Å². The number of thioether (sulfide) groups is 1. The first-order valence-electron chi connectivity index (χ1n) is 9.43. The molecule has 0 aliphatic rings. The van der Waals surface area contributed by atoms with E-state index < -0.39 is 5.97 Å². The SMILES string of the molecule is COC(=O)C(=C(O)CSc1nc(C)c(C)n1CC(C)C)c1nc2ccccc2[nH]1. The van der Waals surface area contributed by atoms with Gasteiger partial charge in [0, 0.05) is 12.2 Å². The first kappa shape index (κ1) is 21.0. The molecule has 0 radical (unpaired) electrons. The Balaban J connectivity index is 1.93. The van der Waals surface area contributed by atoms with Crippen molar-refractivity contribution < 1.29 is 14.6 Å². The van der Waals surface area contributed by atoms with Crippen LogP contribution in [0, 0.1) is 19.8 Å². The molecule has 8 heteroatoms. The van der Waals surface area contributed by atoms with Crippen molar-refractivity contribution in [3.63, 3.8) is 0 Å². The summed E-state index contributed by atoms with van der Waals surface area (Å²) in [4.78, 5) is 24.5. The van der Waals surface area contributed by atoms with Gasteiger partial charge in [-0.05, 0) is 31.9 Å². The average molecular weight is 415 g/mol. The van der Waals surface area contributed by atoms with Gasteiger partial charge >= 0.3 is 5.97 Å². The van der Waals surface area contributed by atoms with Gasteiger partial charge in [0.15, 0.2) is 5.16 Å². The molecule has 0 bridgehead atoms. The Morgan fingerprint density at radius 1 is 1.28 bits per heavy atom. The van der Waals surface area contributed by atoms with Gasteiger partial charge in [0.25, 0.3) is 0 Å². The summed E-state index contributed by atoms with van der Waals surface area (Å²) in [6.07, 6.45) is 0. The van der Waals surface area contributed by atoms with Gasteiger partial charge in [0.05, 0.1) is 29.6 Å². The highest BCUT2D eigenvalue weighted by Gasteiger charge is 2.23. The molecule has 0 atom stereocenters. The number of hydrogen-bond acceptors (Lipinski definition) is 6. The summed E-state index contributed by atoms with van der Waals surface area (Å²) in [5, 5.41) is 11.6. The number of carbonyl (C=O) groups is 1. The van der Waals surface area contributed by atoms with Crippen LogP contribution in [0.25, 0.3) is 16.6 Å². The van der Waals surface area contributed by atoms with Gasteiger partial charge in [0.1, 0.15) is 17.2 Å². The number of aromatic nitrogens is 4. The van der Waals surface area contributed by atoms with Crippen molar-refractivity contribution >= 4 is 34.3 Å². The van der Waals surface area contributed by atoms with Crippen molar-refractivity contribution in [2.24, 2.45) is 5.92 Å². The van der Waals surface area contributed by atoms with Gasteiger partial charge < -0.3 is 19.4 Å². The van der Waals surface area contributed by atoms with Crippen LogP contribution in [0.5, 0.6) is 0 Å². The molecule has 0 spiro atoms. The van der Waals surface area contributed by atoms with Gasteiger partial charge in [-0.3, -0.25) is 0 Å². The number of rotatable bonds is 7. The van der Waals surface area contributed by atoms with Crippen LogP contribution in [0.3, 0.4) is 0 Å². The zero-order chi connectivity index (χ0) is 21.1. The van der Waals surface area contributed by atoms with E-state index in [1.165, 1.54) is 18.9 Å². The molecule has 1 aromatic carbocycles. The molecule has 0 aliphatic heterocycles. The fourth-order valence-corrected chi connectivity index (χ4v) is 4.02. The summed E-state index contributed by atoms with van der Waals surface area (Å²) in [7, 11) is 1.29. The van der Waals surface area contributed by atoms with E-state index in [1.807, 2.05) is 38.1 Å². The molecular formula is C21H26N4O3S. The van der Waals surface area contributed by atoms with E-state index in [1.54, 1.807) is 0 Å². The van der Waals surface area contributed by atoms with E-state index >= 15 is 0 Å². The number of aliphatic hydroxyl groups excluding tert-OH is 1. The molecule has 7 nitrogen and oxygen atoms in total. The summed E-state index contributed by atoms with van der Waals surface area (Å²) < 4.78 is 7.04. The van der Waals surface area contributed by atoms with Crippen molar-refractivity contribution in [3.8, 4) is 0 Å². The Morgan fingerprint density at radius 2 is 2.00 bits per heavy atom.